The molecule has 45 nitrogen and oxygen atoms in total. The molecule has 0 saturated carbocycles. The van der Waals surface area contributed by atoms with Crippen molar-refractivity contribution in [3.05, 3.63) is 0 Å². The lowest BCUT2D eigenvalue weighted by atomic mass is 9.88. The van der Waals surface area contributed by atoms with E-state index < -0.39 is 316 Å². The molecule has 7 aliphatic rings. The third-order valence-electron chi connectivity index (χ3n) is 17.7. The third kappa shape index (κ3) is 18.6. The quantitative estimate of drug-likeness (QED) is 0.0287. The zero-order chi connectivity index (χ0) is 74.1. The van der Waals surface area contributed by atoms with E-state index in [9.17, 15) is 136 Å². The average Bonchev–Trinajstić information content (AvgIpc) is 0.753. The van der Waals surface area contributed by atoms with E-state index in [4.69, 9.17) is 66.3 Å². The number of aliphatic hydroxyl groups is 21. The fourth-order valence-electron chi connectivity index (χ4n) is 12.5. The summed E-state index contributed by atoms with van der Waals surface area (Å²) >= 11 is 0. The number of carbonyl (C=O) groups excluding carboxylic acids is 4. The lowest BCUT2D eigenvalue weighted by molar-refractivity contribution is -0.404. The van der Waals surface area contributed by atoms with Gasteiger partial charge in [-0.25, -0.2) is 4.79 Å². The fraction of sp³-hybridized carbons (Fsp3) is 0.909. The molecular weight excluding hydrogens is 1370 g/mol. The number of rotatable bonds is 31. The van der Waals surface area contributed by atoms with E-state index in [-0.39, 0.29) is 6.41 Å². The van der Waals surface area contributed by atoms with Crippen molar-refractivity contribution in [1.29, 1.82) is 0 Å². The van der Waals surface area contributed by atoms with Gasteiger partial charge in [0, 0.05) is 27.2 Å². The SMILES string of the molecule is CC(=O)N[C@H]1[C@H](O[C@H]2[C@@H](O)[C@@H](CO)O[C@@H](O[C@H]3[C@@H](O)[C@@H](CO)O[C@@H](O[C@@H]4[C@H](O[C@]5(C(=O)O)C[C@H](O)[C@@H](NC(C)=O)[C@H]([C@H](O)[C@H](O)CO)O5)[C@@H](O)[C@H](O[C@H]5[C@H](O)[C@@H](O)[C@H](OC[C@@H](CO)NC=O)O[C@@H]5CO)O[C@@H]4CO)[C@@H]3NC(C)=O)[C@@H]2O)O[C@H](CO)[C@@H](O[C@@H]2O[C@H](CO)[C@H](O)[C@H](O)[C@H]2O)[C@@H]1O. The van der Waals surface area contributed by atoms with Gasteiger partial charge in [0.05, 0.1) is 77.6 Å². The zero-order valence-corrected chi connectivity index (χ0v) is 53.5. The average molecular weight is 1470 g/mol. The summed E-state index contributed by atoms with van der Waals surface area (Å²) in [4.78, 5) is 63.3. The van der Waals surface area contributed by atoms with Gasteiger partial charge in [0.25, 0.3) is 5.79 Å². The molecule has 0 aliphatic carbocycles. The number of hydrogen-bond acceptors (Lipinski definition) is 40. The maximum absolute atomic E-state index is 13.8. The van der Waals surface area contributed by atoms with Gasteiger partial charge in [-0.3, -0.25) is 19.2 Å². The van der Waals surface area contributed by atoms with Crippen molar-refractivity contribution in [3.8, 4) is 0 Å². The summed E-state index contributed by atoms with van der Waals surface area (Å²) in [6, 6.07) is -6.87. The summed E-state index contributed by atoms with van der Waals surface area (Å²) in [6.07, 6.45) is -69.4. The highest BCUT2D eigenvalue weighted by atomic mass is 16.8. The van der Waals surface area contributed by atoms with Gasteiger partial charge in [0.2, 0.25) is 24.1 Å². The van der Waals surface area contributed by atoms with E-state index in [2.05, 4.69) is 21.3 Å². The van der Waals surface area contributed by atoms with Gasteiger partial charge in [-0.15, -0.1) is 0 Å². The van der Waals surface area contributed by atoms with E-state index in [1.807, 2.05) is 0 Å². The fourth-order valence-corrected chi connectivity index (χ4v) is 12.5. The molecule has 7 rings (SSSR count). The molecule has 0 aromatic rings. The molecule has 0 bridgehead atoms. The zero-order valence-electron chi connectivity index (χ0n) is 53.5. The minimum atomic E-state index is -3.47. The largest absolute Gasteiger partial charge is 0.477 e. The molecule has 578 valence electrons. The molecule has 0 aromatic heterocycles. The highest BCUT2D eigenvalue weighted by Crippen LogP contribution is 2.42. The topological polar surface area (TPSA) is 708 Å². The van der Waals surface area contributed by atoms with E-state index in [0.29, 0.717) is 0 Å². The van der Waals surface area contributed by atoms with E-state index in [1.54, 1.807) is 0 Å². The smallest absolute Gasteiger partial charge is 0.364 e. The van der Waals surface area contributed by atoms with Crippen LogP contribution in [0, 0.1) is 0 Å². The lowest BCUT2D eigenvalue weighted by Gasteiger charge is -2.53. The first-order valence-electron chi connectivity index (χ1n) is 31.5. The Morgan fingerprint density at radius 3 is 1.38 bits per heavy atom. The molecule has 4 amide bonds. The van der Waals surface area contributed by atoms with Crippen molar-refractivity contribution < 1.29 is 203 Å². The Hall–Kier alpha value is -4.05. The number of aliphatic carboxylic acids is 1. The van der Waals surface area contributed by atoms with Crippen LogP contribution in [0.4, 0.5) is 0 Å². The number of amides is 4. The van der Waals surface area contributed by atoms with Crippen LogP contribution in [0.5, 0.6) is 0 Å². The van der Waals surface area contributed by atoms with E-state index in [0.717, 1.165) is 20.8 Å². The Morgan fingerprint density at radius 2 is 0.860 bits per heavy atom. The molecule has 0 radical (unpaired) electrons. The molecule has 0 spiro atoms. The summed E-state index contributed by atoms with van der Waals surface area (Å²) < 4.78 is 82.2. The van der Waals surface area contributed by atoms with Gasteiger partial charge in [0.1, 0.15) is 165 Å². The Balaban J connectivity index is 1.24. The Kier molecular flexibility index (Phi) is 30.6. The number of hydrogen-bond donors (Lipinski definition) is 26. The second-order valence-corrected chi connectivity index (χ2v) is 24.7. The van der Waals surface area contributed by atoms with Gasteiger partial charge >= 0.3 is 5.97 Å². The molecule has 0 unspecified atom stereocenters. The lowest BCUT2D eigenvalue weighted by Crippen LogP contribution is -2.72. The van der Waals surface area contributed by atoms with Gasteiger partial charge in [0.15, 0.2) is 37.7 Å². The van der Waals surface area contributed by atoms with Crippen molar-refractivity contribution in [1.82, 2.24) is 21.3 Å². The summed E-state index contributed by atoms with van der Waals surface area (Å²) in [7, 11) is 0. The molecule has 7 heterocycles. The molecule has 7 aliphatic heterocycles. The Morgan fingerprint density at radius 1 is 0.450 bits per heavy atom. The molecule has 37 atom stereocenters. The maximum Gasteiger partial charge on any atom is 0.364 e. The monoisotopic (exact) mass is 1460 g/mol. The van der Waals surface area contributed by atoms with Gasteiger partial charge in [-0.2, -0.15) is 0 Å². The summed E-state index contributed by atoms with van der Waals surface area (Å²) in [5.74, 6) is -8.57. The number of aliphatic hydroxyl groups excluding tert-OH is 21. The highest BCUT2D eigenvalue weighted by molar-refractivity contribution is 5.77. The summed E-state index contributed by atoms with van der Waals surface area (Å²) in [5.41, 5.74) is 0. The van der Waals surface area contributed by atoms with Crippen molar-refractivity contribution in [2.75, 3.05) is 59.5 Å². The van der Waals surface area contributed by atoms with Gasteiger partial charge in [-0.1, -0.05) is 0 Å². The van der Waals surface area contributed by atoms with Crippen molar-refractivity contribution in [3.63, 3.8) is 0 Å². The standard InChI is InChI=1S/C55H92N4O41/c1-15(69)57-27-19(72)4-55(54(85)86,99-45(27)30(74)20(73)6-61)100-47-40(84)53(95-42-25(11-66)92-50(38(82)36(42)80)87-13-18(5-60)56-14-68)93-26(12-67)43(47)96-49-29(59-17(3)71)44(32(76)22(8-63)88-49)97-52-39(83)46(33(77)23(9-64)90-52)98-48-28(58-16(2)70)34(78)41(24(10-65)91-48)94-51-37(81)35(79)31(75)21(7-62)89-51/h14,18-53,60-67,72-84H,4-13H2,1-3H3,(H,56,68)(H,57,69)(H,58,70)(H,59,71)(H,85,86)/t18-,19+,20-,21-,22-,23-,24-,25-,26-,27-,28-,29-,30-,31+,32+,33+,34-,35+,36-,37-,38-,39-,40-,41-,42-,43+,44-,45-,46+,47-,48+,49+,50-,51+,52+,53+,55+/m1/s1. The number of carboxylic acids is 1. The highest BCUT2D eigenvalue weighted by Gasteiger charge is 2.63. The van der Waals surface area contributed by atoms with Crippen LogP contribution in [0.3, 0.4) is 0 Å². The maximum atomic E-state index is 13.8. The number of nitrogens with one attached hydrogen (secondary N) is 4. The van der Waals surface area contributed by atoms with Crippen molar-refractivity contribution in [2.24, 2.45) is 0 Å². The molecular formula is C55H92N4O41. The molecule has 7 saturated heterocycles. The molecule has 45 heteroatoms. The second kappa shape index (κ2) is 36.8. The normalized spacial score (nSPS) is 45.0. The predicted octanol–water partition coefficient (Wildman–Crippen LogP) is -17.5. The van der Waals surface area contributed by atoms with Crippen LogP contribution in [0.15, 0.2) is 0 Å². The van der Waals surface area contributed by atoms with Crippen molar-refractivity contribution >= 4 is 30.1 Å². The second-order valence-electron chi connectivity index (χ2n) is 24.7. The molecule has 100 heavy (non-hydrogen) atoms. The molecule has 7 fully saturated rings. The number of carboxylic acid groups (broad SMARTS) is 1. The van der Waals surface area contributed by atoms with Crippen LogP contribution in [-0.2, 0) is 90.3 Å². The predicted molar refractivity (Wildman–Crippen MR) is 308 cm³/mol. The number of carbonyl (C=O) groups is 5. The third-order valence-corrected chi connectivity index (χ3v) is 17.7. The first-order chi connectivity index (χ1) is 47.3. The molecule has 26 N–H and O–H groups in total. The van der Waals surface area contributed by atoms with E-state index in [1.165, 1.54) is 0 Å². The summed E-state index contributed by atoms with van der Waals surface area (Å²) in [6.45, 7) is -6.56. The van der Waals surface area contributed by atoms with Gasteiger partial charge in [-0.05, 0) is 0 Å². The Bertz CT molecular complexity index is 2600. The van der Waals surface area contributed by atoms with Crippen LogP contribution < -0.4 is 21.3 Å². The van der Waals surface area contributed by atoms with Crippen LogP contribution in [-0.4, -0.2) is 428 Å². The van der Waals surface area contributed by atoms with E-state index >= 15 is 0 Å². The minimum absolute atomic E-state index is 0.217. The Labute approximate surface area is 565 Å². The van der Waals surface area contributed by atoms with Crippen LogP contribution >= 0.6 is 0 Å². The minimum Gasteiger partial charge on any atom is -0.477 e. The van der Waals surface area contributed by atoms with Crippen LogP contribution in [0.25, 0.3) is 0 Å². The summed E-state index contributed by atoms with van der Waals surface area (Å²) in [5, 5.41) is 251. The van der Waals surface area contributed by atoms with Crippen molar-refractivity contribution in [2.45, 2.75) is 254 Å². The first kappa shape index (κ1) is 83.2. The molecule has 0 aromatic carbocycles. The number of ether oxygens (including phenoxy) is 14. The van der Waals surface area contributed by atoms with Crippen LogP contribution in [0.1, 0.15) is 27.2 Å². The van der Waals surface area contributed by atoms with Gasteiger partial charge < -0.3 is 200 Å². The van der Waals surface area contributed by atoms with Crippen LogP contribution in [0.2, 0.25) is 0 Å². The first-order valence-corrected chi connectivity index (χ1v) is 31.5.